The lowest BCUT2D eigenvalue weighted by Gasteiger charge is -2.18. The van der Waals surface area contributed by atoms with Crippen LogP contribution in [-0.4, -0.2) is 37.2 Å². The summed E-state index contributed by atoms with van der Waals surface area (Å²) in [5.41, 5.74) is 0. The molecule has 0 radical (unpaired) electrons. The van der Waals surface area contributed by atoms with E-state index in [1.807, 2.05) is 0 Å². The number of esters is 3. The molecule has 0 aromatic rings. The molecule has 0 bridgehead atoms. The van der Waals surface area contributed by atoms with Gasteiger partial charge in [0.2, 0.25) is 0 Å². The molecular weight excluding hydrogens is 949 g/mol. The predicted octanol–water partition coefficient (Wildman–Crippen LogP) is 22.7. The number of carbonyl (C=O) groups excluding carboxylic acids is 3. The van der Waals surface area contributed by atoms with Crippen molar-refractivity contribution in [3.05, 3.63) is 85.1 Å². The maximum atomic E-state index is 12.9. The summed E-state index contributed by atoms with van der Waals surface area (Å²) in [5, 5.41) is 0. The van der Waals surface area contributed by atoms with Crippen molar-refractivity contribution >= 4 is 17.9 Å². The molecule has 0 aliphatic carbocycles. The minimum atomic E-state index is -0.797. The fraction of sp³-hybridized carbons (Fsp3) is 0.761. The molecule has 0 aliphatic rings. The van der Waals surface area contributed by atoms with Gasteiger partial charge in [0.25, 0.3) is 0 Å². The Bertz CT molecular complexity index is 1470. The molecule has 0 N–H and O–H groups in total. The van der Waals surface area contributed by atoms with Gasteiger partial charge in [-0.2, -0.15) is 0 Å². The van der Waals surface area contributed by atoms with E-state index in [1.54, 1.807) is 0 Å². The Labute approximate surface area is 477 Å². The molecule has 0 aliphatic heterocycles. The van der Waals surface area contributed by atoms with Gasteiger partial charge in [0, 0.05) is 19.3 Å². The molecule has 0 aromatic heterocycles. The molecule has 1 unspecified atom stereocenters. The van der Waals surface area contributed by atoms with Crippen LogP contribution in [0.3, 0.4) is 0 Å². The quantitative estimate of drug-likeness (QED) is 0.0261. The molecule has 6 nitrogen and oxygen atoms in total. The Morgan fingerprint density at radius 2 is 0.506 bits per heavy atom. The highest BCUT2D eigenvalue weighted by Gasteiger charge is 2.19. The zero-order chi connectivity index (χ0) is 55.7. The van der Waals surface area contributed by atoms with Crippen LogP contribution in [-0.2, 0) is 28.6 Å². The molecule has 1 atom stereocenters. The fourth-order valence-electron chi connectivity index (χ4n) is 9.40. The highest BCUT2D eigenvalue weighted by Crippen LogP contribution is 2.16. The van der Waals surface area contributed by atoms with Crippen LogP contribution in [0.15, 0.2) is 85.1 Å². The molecule has 0 aromatic carbocycles. The lowest BCUT2D eigenvalue weighted by atomic mass is 10.0. The fourth-order valence-corrected chi connectivity index (χ4v) is 9.40. The van der Waals surface area contributed by atoms with Gasteiger partial charge >= 0.3 is 17.9 Å². The van der Waals surface area contributed by atoms with Crippen LogP contribution in [0.5, 0.6) is 0 Å². The Kier molecular flexibility index (Phi) is 62.2. The van der Waals surface area contributed by atoms with Crippen LogP contribution in [0, 0.1) is 0 Å². The van der Waals surface area contributed by atoms with E-state index in [9.17, 15) is 14.4 Å². The van der Waals surface area contributed by atoms with Crippen molar-refractivity contribution in [3.63, 3.8) is 0 Å². The predicted molar refractivity (Wildman–Crippen MR) is 334 cm³/mol. The van der Waals surface area contributed by atoms with Gasteiger partial charge in [-0.15, -0.1) is 0 Å². The standard InChI is InChI=1S/C71H124O6/c1-4-7-10-13-16-19-22-25-27-29-31-33-34-35-36-38-39-41-43-46-49-52-55-58-61-64-70(73)76-67-68(66-75-69(72)63-60-57-54-51-48-45-24-21-18-15-12-9-6-3)77-71(74)65-62-59-56-53-50-47-44-42-40-37-32-30-28-26-23-20-17-14-11-8-5-2/h9,12,18,21,23,26,29-32,40,42,45,48,68H,4-8,10-11,13-17,19-20,22,24-25,27-28,33-39,41,43-44,46-47,49-67H2,1-3H3/b12-9-,21-18-,26-23-,31-29-,32-30-,42-40-,48-45-. The van der Waals surface area contributed by atoms with E-state index in [-0.39, 0.29) is 31.1 Å². The lowest BCUT2D eigenvalue weighted by molar-refractivity contribution is -0.167. The lowest BCUT2D eigenvalue weighted by Crippen LogP contribution is -2.30. The summed E-state index contributed by atoms with van der Waals surface area (Å²) in [7, 11) is 0. The zero-order valence-corrected chi connectivity index (χ0v) is 51.0. The minimum Gasteiger partial charge on any atom is -0.462 e. The minimum absolute atomic E-state index is 0.0903. The summed E-state index contributed by atoms with van der Waals surface area (Å²) in [6.45, 7) is 6.51. The summed E-state index contributed by atoms with van der Waals surface area (Å²) >= 11 is 0. The topological polar surface area (TPSA) is 78.9 Å². The maximum Gasteiger partial charge on any atom is 0.306 e. The van der Waals surface area contributed by atoms with E-state index in [2.05, 4.69) is 106 Å². The van der Waals surface area contributed by atoms with E-state index in [4.69, 9.17) is 14.2 Å². The second-order valence-electron chi connectivity index (χ2n) is 22.0. The number of hydrogen-bond acceptors (Lipinski definition) is 6. The Morgan fingerprint density at radius 3 is 0.818 bits per heavy atom. The van der Waals surface area contributed by atoms with Crippen LogP contribution in [0.4, 0.5) is 0 Å². The first kappa shape index (κ1) is 73.6. The number of carbonyl (C=O) groups is 3. The molecule has 77 heavy (non-hydrogen) atoms. The number of hydrogen-bond donors (Lipinski definition) is 0. The van der Waals surface area contributed by atoms with Gasteiger partial charge in [0.1, 0.15) is 13.2 Å². The number of ether oxygens (including phenoxy) is 3. The van der Waals surface area contributed by atoms with Crippen LogP contribution in [0.2, 0.25) is 0 Å². The van der Waals surface area contributed by atoms with Crippen LogP contribution in [0.1, 0.15) is 329 Å². The van der Waals surface area contributed by atoms with E-state index >= 15 is 0 Å². The second-order valence-corrected chi connectivity index (χ2v) is 22.0. The molecule has 0 amide bonds. The average molecular weight is 1070 g/mol. The average Bonchev–Trinajstić information content (AvgIpc) is 3.43. The molecule has 0 spiro atoms. The zero-order valence-electron chi connectivity index (χ0n) is 51.0. The Balaban J connectivity index is 4.33. The van der Waals surface area contributed by atoms with E-state index in [0.29, 0.717) is 19.3 Å². The summed E-state index contributed by atoms with van der Waals surface area (Å²) in [5.74, 6) is -0.922. The first-order chi connectivity index (χ1) is 38.0. The van der Waals surface area contributed by atoms with Crippen molar-refractivity contribution in [2.45, 2.75) is 335 Å². The normalized spacial score (nSPS) is 12.6. The van der Waals surface area contributed by atoms with Crippen LogP contribution in [0.25, 0.3) is 0 Å². The van der Waals surface area contributed by atoms with Crippen molar-refractivity contribution in [3.8, 4) is 0 Å². The Morgan fingerprint density at radius 1 is 0.273 bits per heavy atom. The molecule has 444 valence electrons. The van der Waals surface area contributed by atoms with Gasteiger partial charge in [-0.1, -0.05) is 279 Å². The van der Waals surface area contributed by atoms with Crippen LogP contribution >= 0.6 is 0 Å². The third-order valence-electron chi connectivity index (χ3n) is 14.4. The van der Waals surface area contributed by atoms with E-state index < -0.39 is 6.10 Å². The highest BCUT2D eigenvalue weighted by atomic mass is 16.6. The molecule has 0 rings (SSSR count). The van der Waals surface area contributed by atoms with Gasteiger partial charge in [0.05, 0.1) is 0 Å². The van der Waals surface area contributed by atoms with E-state index in [0.717, 1.165) is 109 Å². The van der Waals surface area contributed by atoms with Gasteiger partial charge in [-0.3, -0.25) is 14.4 Å². The number of allylic oxidation sites excluding steroid dienone is 14. The SMILES string of the molecule is CC/C=C\C/C=C\C/C=C\CCCCCC(=O)OCC(COC(=O)CCCCCCCCCCCCCCC/C=C\CCCCCCCCCC)OC(=O)CCCCCCCC/C=C\C/C=C\C/C=C\CCCCCCC. The second kappa shape index (κ2) is 65.1. The van der Waals surface area contributed by atoms with Crippen molar-refractivity contribution in [2.75, 3.05) is 13.2 Å². The van der Waals surface area contributed by atoms with E-state index in [1.165, 1.54) is 180 Å². The van der Waals surface area contributed by atoms with Crippen molar-refractivity contribution < 1.29 is 28.6 Å². The molecule has 0 saturated carbocycles. The van der Waals surface area contributed by atoms with Gasteiger partial charge in [-0.25, -0.2) is 0 Å². The summed E-state index contributed by atoms with van der Waals surface area (Å²) in [6, 6.07) is 0. The monoisotopic (exact) mass is 1070 g/mol. The number of unbranched alkanes of at least 4 members (excludes halogenated alkanes) is 35. The van der Waals surface area contributed by atoms with Gasteiger partial charge in [0.15, 0.2) is 6.10 Å². The van der Waals surface area contributed by atoms with Gasteiger partial charge < -0.3 is 14.2 Å². The highest BCUT2D eigenvalue weighted by molar-refractivity contribution is 5.71. The smallest absolute Gasteiger partial charge is 0.306 e. The molecular formula is C71H124O6. The molecule has 6 heteroatoms. The third kappa shape index (κ3) is 63.3. The first-order valence-corrected chi connectivity index (χ1v) is 33.1. The number of rotatable bonds is 60. The Hall–Kier alpha value is -3.41. The molecule has 0 heterocycles. The van der Waals surface area contributed by atoms with Crippen molar-refractivity contribution in [2.24, 2.45) is 0 Å². The summed E-state index contributed by atoms with van der Waals surface area (Å²) < 4.78 is 16.9. The summed E-state index contributed by atoms with van der Waals surface area (Å²) in [6.07, 6.45) is 86.0. The summed E-state index contributed by atoms with van der Waals surface area (Å²) in [4.78, 5) is 38.3. The first-order valence-electron chi connectivity index (χ1n) is 33.1. The molecule has 0 fully saturated rings. The van der Waals surface area contributed by atoms with Gasteiger partial charge in [-0.05, 0) is 116 Å². The maximum absolute atomic E-state index is 12.9. The van der Waals surface area contributed by atoms with Crippen molar-refractivity contribution in [1.29, 1.82) is 0 Å². The van der Waals surface area contributed by atoms with Crippen molar-refractivity contribution in [1.82, 2.24) is 0 Å². The largest absolute Gasteiger partial charge is 0.462 e. The third-order valence-corrected chi connectivity index (χ3v) is 14.4. The molecule has 0 saturated heterocycles. The van der Waals surface area contributed by atoms with Crippen LogP contribution < -0.4 is 0 Å².